The van der Waals surface area contributed by atoms with Crippen LogP contribution in [0.4, 0.5) is 4.79 Å². The molecular weight excluding hydrogens is 314 g/mol. The lowest BCUT2D eigenvalue weighted by atomic mass is 10.2. The number of hydrogen-bond acceptors (Lipinski definition) is 5. The van der Waals surface area contributed by atoms with Gasteiger partial charge in [-0.15, -0.1) is 11.3 Å². The van der Waals surface area contributed by atoms with E-state index in [9.17, 15) is 9.59 Å². The standard InChI is InChI=1S/C16H25N3O3S/c1-16(2,3)22-15(21)19-10-8-18(9-11-19)7-6-17-14(20)13-5-4-12-23-13/h4-5,12H,6-11H2,1-3H3,(H,17,20). The fourth-order valence-corrected chi connectivity index (χ4v) is 2.94. The van der Waals surface area contributed by atoms with Crippen LogP contribution in [0.15, 0.2) is 17.5 Å². The van der Waals surface area contributed by atoms with Crippen LogP contribution >= 0.6 is 11.3 Å². The van der Waals surface area contributed by atoms with Crippen molar-refractivity contribution in [2.24, 2.45) is 0 Å². The molecule has 2 amide bonds. The fourth-order valence-electron chi connectivity index (χ4n) is 2.30. The van der Waals surface area contributed by atoms with Crippen molar-refractivity contribution in [1.82, 2.24) is 15.1 Å². The largest absolute Gasteiger partial charge is 0.444 e. The van der Waals surface area contributed by atoms with E-state index in [-0.39, 0.29) is 12.0 Å². The van der Waals surface area contributed by atoms with Crippen LogP contribution in [0.3, 0.4) is 0 Å². The van der Waals surface area contributed by atoms with Gasteiger partial charge in [0.2, 0.25) is 0 Å². The van der Waals surface area contributed by atoms with E-state index in [1.807, 2.05) is 38.3 Å². The summed E-state index contributed by atoms with van der Waals surface area (Å²) >= 11 is 1.44. The molecule has 0 atom stereocenters. The zero-order chi connectivity index (χ0) is 16.9. The van der Waals surface area contributed by atoms with Crippen LogP contribution in [0.25, 0.3) is 0 Å². The number of nitrogens with zero attached hydrogens (tertiary/aromatic N) is 2. The molecule has 0 saturated carbocycles. The van der Waals surface area contributed by atoms with Gasteiger partial charge in [-0.3, -0.25) is 9.69 Å². The van der Waals surface area contributed by atoms with Crippen LogP contribution in [0.5, 0.6) is 0 Å². The molecule has 0 spiro atoms. The van der Waals surface area contributed by atoms with Crippen LogP contribution in [-0.4, -0.2) is 66.7 Å². The summed E-state index contributed by atoms with van der Waals surface area (Å²) in [5.74, 6) is -0.0209. The van der Waals surface area contributed by atoms with E-state index in [0.29, 0.717) is 19.6 Å². The zero-order valence-electron chi connectivity index (χ0n) is 14.0. The molecule has 1 aromatic heterocycles. The molecule has 1 N–H and O–H groups in total. The molecule has 1 aliphatic heterocycles. The highest BCUT2D eigenvalue weighted by Gasteiger charge is 2.25. The smallest absolute Gasteiger partial charge is 0.410 e. The van der Waals surface area contributed by atoms with Gasteiger partial charge in [-0.25, -0.2) is 4.79 Å². The Labute approximate surface area is 141 Å². The van der Waals surface area contributed by atoms with Gasteiger partial charge in [-0.1, -0.05) is 6.07 Å². The fraction of sp³-hybridized carbons (Fsp3) is 0.625. The number of carbonyl (C=O) groups excluding carboxylic acids is 2. The Bertz CT molecular complexity index is 517. The lowest BCUT2D eigenvalue weighted by Gasteiger charge is -2.35. The quantitative estimate of drug-likeness (QED) is 0.912. The van der Waals surface area contributed by atoms with Gasteiger partial charge >= 0.3 is 6.09 Å². The Morgan fingerprint density at radius 2 is 1.96 bits per heavy atom. The van der Waals surface area contributed by atoms with E-state index in [1.54, 1.807) is 4.90 Å². The molecule has 0 unspecified atom stereocenters. The second-order valence-electron chi connectivity index (χ2n) is 6.54. The first-order valence-corrected chi connectivity index (χ1v) is 8.75. The molecule has 128 valence electrons. The van der Waals surface area contributed by atoms with Gasteiger partial charge in [0, 0.05) is 39.3 Å². The summed E-state index contributed by atoms with van der Waals surface area (Å²) in [6, 6.07) is 3.69. The summed E-state index contributed by atoms with van der Waals surface area (Å²) in [4.78, 5) is 28.5. The molecule has 1 saturated heterocycles. The van der Waals surface area contributed by atoms with Gasteiger partial charge in [0.1, 0.15) is 5.60 Å². The van der Waals surface area contributed by atoms with E-state index in [2.05, 4.69) is 10.2 Å². The minimum absolute atomic E-state index is 0.0209. The molecule has 1 aliphatic rings. The predicted molar refractivity (Wildman–Crippen MR) is 90.9 cm³/mol. The number of thiophene rings is 1. The molecule has 23 heavy (non-hydrogen) atoms. The Balaban J connectivity index is 1.65. The maximum absolute atomic E-state index is 12.0. The van der Waals surface area contributed by atoms with Crippen molar-refractivity contribution >= 4 is 23.3 Å². The van der Waals surface area contributed by atoms with Crippen LogP contribution in [0, 0.1) is 0 Å². The third kappa shape index (κ3) is 5.84. The first-order valence-electron chi connectivity index (χ1n) is 7.87. The average molecular weight is 339 g/mol. The molecule has 2 heterocycles. The number of piperazine rings is 1. The summed E-state index contributed by atoms with van der Waals surface area (Å²) in [6.45, 7) is 9.94. The molecule has 0 aliphatic carbocycles. The van der Waals surface area contributed by atoms with Crippen LogP contribution < -0.4 is 5.32 Å². The molecule has 1 aromatic rings. The lowest BCUT2D eigenvalue weighted by Crippen LogP contribution is -2.51. The number of amides is 2. The monoisotopic (exact) mass is 339 g/mol. The third-order valence-corrected chi connectivity index (χ3v) is 4.35. The number of ether oxygens (including phenoxy) is 1. The van der Waals surface area contributed by atoms with Gasteiger partial charge in [0.25, 0.3) is 5.91 Å². The molecule has 0 bridgehead atoms. The van der Waals surface area contributed by atoms with Crippen molar-refractivity contribution in [2.45, 2.75) is 26.4 Å². The van der Waals surface area contributed by atoms with Crippen molar-refractivity contribution in [3.63, 3.8) is 0 Å². The van der Waals surface area contributed by atoms with Crippen molar-refractivity contribution in [1.29, 1.82) is 0 Å². The minimum atomic E-state index is -0.458. The van der Waals surface area contributed by atoms with Gasteiger partial charge in [0.15, 0.2) is 0 Å². The molecular formula is C16H25N3O3S. The molecule has 0 aromatic carbocycles. The van der Waals surface area contributed by atoms with Gasteiger partial charge in [-0.2, -0.15) is 0 Å². The number of carbonyl (C=O) groups is 2. The van der Waals surface area contributed by atoms with E-state index >= 15 is 0 Å². The van der Waals surface area contributed by atoms with Crippen molar-refractivity contribution < 1.29 is 14.3 Å². The first kappa shape index (κ1) is 17.7. The Morgan fingerprint density at radius 1 is 1.26 bits per heavy atom. The van der Waals surface area contributed by atoms with Gasteiger partial charge in [-0.05, 0) is 32.2 Å². The molecule has 6 nitrogen and oxygen atoms in total. The summed E-state index contributed by atoms with van der Waals surface area (Å²) in [5.41, 5.74) is -0.458. The Kier molecular flexibility index (Phi) is 6.01. The molecule has 1 fully saturated rings. The summed E-state index contributed by atoms with van der Waals surface area (Å²) in [5, 5.41) is 4.82. The number of hydrogen-bond donors (Lipinski definition) is 1. The van der Waals surface area contributed by atoms with E-state index in [1.165, 1.54) is 11.3 Å². The summed E-state index contributed by atoms with van der Waals surface area (Å²) < 4.78 is 5.38. The number of rotatable bonds is 4. The predicted octanol–water partition coefficient (Wildman–Crippen LogP) is 2.03. The maximum Gasteiger partial charge on any atom is 0.410 e. The third-order valence-electron chi connectivity index (χ3n) is 3.48. The van der Waals surface area contributed by atoms with E-state index < -0.39 is 5.60 Å². The topological polar surface area (TPSA) is 61.9 Å². The molecule has 2 rings (SSSR count). The second kappa shape index (κ2) is 7.79. The summed E-state index contributed by atoms with van der Waals surface area (Å²) in [7, 11) is 0. The highest BCUT2D eigenvalue weighted by molar-refractivity contribution is 7.12. The van der Waals surface area contributed by atoms with Crippen LogP contribution in [-0.2, 0) is 4.74 Å². The van der Waals surface area contributed by atoms with Crippen LogP contribution in [0.1, 0.15) is 30.4 Å². The normalized spacial score (nSPS) is 16.2. The highest BCUT2D eigenvalue weighted by atomic mass is 32.1. The van der Waals surface area contributed by atoms with Crippen molar-refractivity contribution in [3.05, 3.63) is 22.4 Å². The summed E-state index contributed by atoms with van der Waals surface area (Å²) in [6.07, 6.45) is -0.247. The van der Waals surface area contributed by atoms with Crippen molar-refractivity contribution in [2.75, 3.05) is 39.3 Å². The first-order chi connectivity index (χ1) is 10.8. The van der Waals surface area contributed by atoms with E-state index in [4.69, 9.17) is 4.74 Å². The molecule has 0 radical (unpaired) electrons. The average Bonchev–Trinajstić information content (AvgIpc) is 3.00. The van der Waals surface area contributed by atoms with Crippen molar-refractivity contribution in [3.8, 4) is 0 Å². The maximum atomic E-state index is 12.0. The van der Waals surface area contributed by atoms with Crippen LogP contribution in [0.2, 0.25) is 0 Å². The lowest BCUT2D eigenvalue weighted by molar-refractivity contribution is 0.0147. The molecule has 7 heteroatoms. The minimum Gasteiger partial charge on any atom is -0.444 e. The Hall–Kier alpha value is -1.60. The van der Waals surface area contributed by atoms with E-state index in [0.717, 1.165) is 24.5 Å². The second-order valence-corrected chi connectivity index (χ2v) is 7.49. The van der Waals surface area contributed by atoms with Gasteiger partial charge < -0.3 is 15.0 Å². The van der Waals surface area contributed by atoms with Gasteiger partial charge in [0.05, 0.1) is 4.88 Å². The highest BCUT2D eigenvalue weighted by Crippen LogP contribution is 2.12. The number of nitrogens with one attached hydrogen (secondary N) is 1. The Morgan fingerprint density at radius 3 is 2.52 bits per heavy atom. The SMILES string of the molecule is CC(C)(C)OC(=O)N1CCN(CCNC(=O)c2cccs2)CC1. The zero-order valence-corrected chi connectivity index (χ0v) is 14.8.